The minimum absolute atomic E-state index is 0.0445. The molecule has 14 heavy (non-hydrogen) atoms. The molecule has 1 unspecified atom stereocenters. The Balaban J connectivity index is 4.03. The molecule has 0 heterocycles. The normalized spacial score (nSPS) is 13.4. The van der Waals surface area contributed by atoms with E-state index in [0.717, 1.165) is 7.11 Å². The van der Waals surface area contributed by atoms with Crippen molar-refractivity contribution in [1.82, 2.24) is 9.44 Å². The van der Waals surface area contributed by atoms with Crippen LogP contribution < -0.4 is 9.44 Å². The molecular formula is C6H14N2O5S. The Morgan fingerprint density at radius 2 is 2.14 bits per heavy atom. The quantitative estimate of drug-likeness (QED) is 0.546. The SMILES string of the molecule is COC(=O)NS(=O)(=O)NCC(C)CO. The predicted octanol–water partition coefficient (Wildman–Crippen LogP) is -1.19. The number of hydrogen-bond donors (Lipinski definition) is 3. The number of aliphatic hydroxyl groups excluding tert-OH is 1. The van der Waals surface area contributed by atoms with E-state index in [4.69, 9.17) is 5.11 Å². The van der Waals surface area contributed by atoms with Crippen molar-refractivity contribution in [3.05, 3.63) is 0 Å². The van der Waals surface area contributed by atoms with E-state index in [-0.39, 0.29) is 19.1 Å². The summed E-state index contributed by atoms with van der Waals surface area (Å²) in [6.07, 6.45) is -1.06. The molecule has 0 rings (SSSR count). The Labute approximate surface area is 82.6 Å². The number of ether oxygens (including phenoxy) is 1. The van der Waals surface area contributed by atoms with Gasteiger partial charge >= 0.3 is 16.3 Å². The maximum atomic E-state index is 11.0. The summed E-state index contributed by atoms with van der Waals surface area (Å²) >= 11 is 0. The molecule has 0 saturated carbocycles. The van der Waals surface area contributed by atoms with Crippen LogP contribution in [0.15, 0.2) is 0 Å². The lowest BCUT2D eigenvalue weighted by Crippen LogP contribution is -2.42. The lowest BCUT2D eigenvalue weighted by molar-refractivity contribution is 0.177. The Bertz CT molecular complexity index is 276. The van der Waals surface area contributed by atoms with Crippen LogP contribution >= 0.6 is 0 Å². The first kappa shape index (κ1) is 13.1. The van der Waals surface area contributed by atoms with Crippen LogP contribution in [0.4, 0.5) is 4.79 Å². The summed E-state index contributed by atoms with van der Waals surface area (Å²) in [5.41, 5.74) is 0. The molecule has 8 heteroatoms. The van der Waals surface area contributed by atoms with Gasteiger partial charge in [0.2, 0.25) is 0 Å². The molecule has 0 aromatic rings. The van der Waals surface area contributed by atoms with Crippen LogP contribution in [0.3, 0.4) is 0 Å². The van der Waals surface area contributed by atoms with E-state index in [9.17, 15) is 13.2 Å². The highest BCUT2D eigenvalue weighted by Gasteiger charge is 2.14. The summed E-state index contributed by atoms with van der Waals surface area (Å²) in [7, 11) is -2.83. The Hall–Kier alpha value is -0.860. The van der Waals surface area contributed by atoms with Gasteiger partial charge in [0, 0.05) is 13.2 Å². The zero-order valence-electron chi connectivity index (χ0n) is 7.98. The minimum Gasteiger partial charge on any atom is -0.452 e. The molecule has 1 amide bonds. The van der Waals surface area contributed by atoms with Crippen LogP contribution in [0.1, 0.15) is 6.92 Å². The Morgan fingerprint density at radius 3 is 2.57 bits per heavy atom. The molecule has 0 radical (unpaired) electrons. The van der Waals surface area contributed by atoms with E-state index in [1.165, 1.54) is 0 Å². The molecule has 3 N–H and O–H groups in total. The number of carbonyl (C=O) groups excluding carboxylic acids is 1. The van der Waals surface area contributed by atoms with Gasteiger partial charge in [-0.1, -0.05) is 6.92 Å². The van der Waals surface area contributed by atoms with Crippen LogP contribution in [0.2, 0.25) is 0 Å². The third kappa shape index (κ3) is 5.73. The molecule has 1 atom stereocenters. The molecular weight excluding hydrogens is 212 g/mol. The summed E-state index contributed by atoms with van der Waals surface area (Å²) in [5.74, 6) is -0.218. The molecule has 0 aliphatic heterocycles. The molecule has 0 bridgehead atoms. The average molecular weight is 226 g/mol. The van der Waals surface area contributed by atoms with Gasteiger partial charge in [0.05, 0.1) is 7.11 Å². The van der Waals surface area contributed by atoms with E-state index in [1.54, 1.807) is 11.6 Å². The molecule has 0 fully saturated rings. The molecule has 0 aromatic carbocycles. The molecule has 0 aromatic heterocycles. The molecule has 0 spiro atoms. The van der Waals surface area contributed by atoms with E-state index in [2.05, 4.69) is 9.46 Å². The highest BCUT2D eigenvalue weighted by atomic mass is 32.2. The van der Waals surface area contributed by atoms with Gasteiger partial charge in [0.25, 0.3) is 0 Å². The second kappa shape index (κ2) is 5.78. The van der Waals surface area contributed by atoms with Crippen LogP contribution in [0.25, 0.3) is 0 Å². The van der Waals surface area contributed by atoms with Gasteiger partial charge < -0.3 is 9.84 Å². The maximum absolute atomic E-state index is 11.0. The second-order valence-corrected chi connectivity index (χ2v) is 4.23. The third-order valence-corrected chi connectivity index (χ3v) is 2.32. The van der Waals surface area contributed by atoms with Crippen LogP contribution in [0.5, 0.6) is 0 Å². The van der Waals surface area contributed by atoms with Crippen LogP contribution in [0, 0.1) is 5.92 Å². The highest BCUT2D eigenvalue weighted by Crippen LogP contribution is 1.90. The summed E-state index contributed by atoms with van der Waals surface area (Å²) in [6, 6.07) is 0. The van der Waals surface area contributed by atoms with E-state index >= 15 is 0 Å². The standard InChI is InChI=1S/C6H14N2O5S/c1-5(4-9)3-7-14(11,12)8-6(10)13-2/h5,7,9H,3-4H2,1-2H3,(H,8,10). The third-order valence-electron chi connectivity index (χ3n) is 1.34. The fourth-order valence-corrected chi connectivity index (χ4v) is 1.38. The summed E-state index contributed by atoms with van der Waals surface area (Å²) in [5, 5.41) is 8.61. The van der Waals surface area contributed by atoms with Gasteiger partial charge in [0.1, 0.15) is 0 Å². The van der Waals surface area contributed by atoms with Gasteiger partial charge in [-0.25, -0.2) is 9.52 Å². The van der Waals surface area contributed by atoms with E-state index in [1.807, 2.05) is 0 Å². The van der Waals surface area contributed by atoms with E-state index in [0.29, 0.717) is 0 Å². The van der Waals surface area contributed by atoms with Crippen LogP contribution in [-0.4, -0.2) is 39.9 Å². The predicted molar refractivity (Wildman–Crippen MR) is 48.7 cm³/mol. The summed E-state index contributed by atoms with van der Waals surface area (Å²) in [6.45, 7) is 1.56. The molecule has 0 aliphatic rings. The lowest BCUT2D eigenvalue weighted by Gasteiger charge is -2.10. The summed E-state index contributed by atoms with van der Waals surface area (Å²) in [4.78, 5) is 10.5. The van der Waals surface area contributed by atoms with Gasteiger partial charge in [0.15, 0.2) is 0 Å². The van der Waals surface area contributed by atoms with Crippen molar-refractivity contribution in [2.45, 2.75) is 6.92 Å². The zero-order chi connectivity index (χ0) is 11.2. The van der Waals surface area contributed by atoms with Gasteiger partial charge in [-0.05, 0) is 5.92 Å². The Morgan fingerprint density at radius 1 is 1.57 bits per heavy atom. The average Bonchev–Trinajstić information content (AvgIpc) is 2.13. The molecule has 84 valence electrons. The number of nitrogens with one attached hydrogen (secondary N) is 2. The van der Waals surface area contributed by atoms with Crippen molar-refractivity contribution in [3.8, 4) is 0 Å². The van der Waals surface area contributed by atoms with Gasteiger partial charge in [-0.2, -0.15) is 13.1 Å². The van der Waals surface area contributed by atoms with Crippen LogP contribution in [-0.2, 0) is 14.9 Å². The smallest absolute Gasteiger partial charge is 0.421 e. The summed E-state index contributed by atoms with van der Waals surface area (Å²) < 4.78 is 29.8. The fourth-order valence-electron chi connectivity index (χ4n) is 0.504. The first-order valence-corrected chi connectivity index (χ1v) is 5.35. The Kier molecular flexibility index (Phi) is 5.43. The minimum atomic E-state index is -3.88. The molecule has 0 aliphatic carbocycles. The number of methoxy groups -OCH3 is 1. The second-order valence-electron chi connectivity index (χ2n) is 2.73. The topological polar surface area (TPSA) is 105 Å². The van der Waals surface area contributed by atoms with Crippen molar-refractivity contribution in [2.24, 2.45) is 5.92 Å². The first-order chi connectivity index (χ1) is 6.41. The maximum Gasteiger partial charge on any atom is 0.421 e. The first-order valence-electron chi connectivity index (χ1n) is 3.87. The van der Waals surface area contributed by atoms with Gasteiger partial charge in [-0.15, -0.1) is 0 Å². The van der Waals surface area contributed by atoms with E-state index < -0.39 is 16.3 Å². The van der Waals surface area contributed by atoms with Crippen molar-refractivity contribution < 1.29 is 23.1 Å². The number of hydrogen-bond acceptors (Lipinski definition) is 5. The zero-order valence-corrected chi connectivity index (χ0v) is 8.80. The highest BCUT2D eigenvalue weighted by molar-refractivity contribution is 7.88. The number of carbonyl (C=O) groups is 1. The van der Waals surface area contributed by atoms with Crippen molar-refractivity contribution in [3.63, 3.8) is 0 Å². The van der Waals surface area contributed by atoms with Crippen molar-refractivity contribution in [1.29, 1.82) is 0 Å². The number of amides is 1. The molecule has 7 nitrogen and oxygen atoms in total. The van der Waals surface area contributed by atoms with Crippen molar-refractivity contribution in [2.75, 3.05) is 20.3 Å². The van der Waals surface area contributed by atoms with Gasteiger partial charge in [-0.3, -0.25) is 0 Å². The monoisotopic (exact) mass is 226 g/mol. The molecule has 0 saturated heterocycles. The number of aliphatic hydroxyl groups is 1. The van der Waals surface area contributed by atoms with Crippen molar-refractivity contribution >= 4 is 16.3 Å². The fraction of sp³-hybridized carbons (Fsp3) is 0.833. The lowest BCUT2D eigenvalue weighted by atomic mass is 10.2. The number of rotatable bonds is 5. The largest absolute Gasteiger partial charge is 0.452 e.